The van der Waals surface area contributed by atoms with Crippen LogP contribution >= 0.6 is 11.3 Å². The van der Waals surface area contributed by atoms with E-state index in [2.05, 4.69) is 30.8 Å². The Morgan fingerprint density at radius 2 is 2.19 bits per heavy atom. The number of aliphatic imine (C=N–C) groups is 1. The Balaban J connectivity index is 1.48. The maximum atomic E-state index is 12.1. The predicted octanol–water partition coefficient (Wildman–Crippen LogP) is 0.415. The van der Waals surface area contributed by atoms with Crippen molar-refractivity contribution in [3.05, 3.63) is 35.0 Å². The van der Waals surface area contributed by atoms with Crippen LogP contribution in [0.5, 0.6) is 0 Å². The quantitative estimate of drug-likeness (QED) is 0.746. The number of rotatable bonds is 6. The standard InChI is InChI=1S/C15H14N6O4S/c1-8-20-21-13(25-8)6-17-12(23)4-10-7-26-15(18-10)19-14(24)9-2-3-11(22)16-5-9/h2-3,5,7,9H,4,6H2,1H3,(H,17,23)(H,18,19,24). The number of nitrogens with zero attached hydrogens (tertiary/aromatic N) is 4. The fraction of sp³-hybridized carbons (Fsp3) is 0.267. The molecule has 0 saturated heterocycles. The van der Waals surface area contributed by atoms with Gasteiger partial charge in [0, 0.05) is 24.6 Å². The average molecular weight is 374 g/mol. The van der Waals surface area contributed by atoms with E-state index >= 15 is 0 Å². The molecule has 0 radical (unpaired) electrons. The van der Waals surface area contributed by atoms with Gasteiger partial charge >= 0.3 is 0 Å². The van der Waals surface area contributed by atoms with Crippen LogP contribution in [0, 0.1) is 12.8 Å². The number of amides is 3. The van der Waals surface area contributed by atoms with Crippen molar-refractivity contribution in [3.8, 4) is 0 Å². The van der Waals surface area contributed by atoms with Crippen LogP contribution in [0.2, 0.25) is 0 Å². The molecule has 3 rings (SSSR count). The fourth-order valence-corrected chi connectivity index (χ4v) is 2.75. The van der Waals surface area contributed by atoms with Gasteiger partial charge in [-0.25, -0.2) is 9.98 Å². The highest BCUT2D eigenvalue weighted by atomic mass is 32.1. The maximum absolute atomic E-state index is 12.1. The lowest BCUT2D eigenvalue weighted by Crippen LogP contribution is -2.25. The van der Waals surface area contributed by atoms with Gasteiger partial charge in [-0.2, -0.15) is 0 Å². The monoisotopic (exact) mass is 374 g/mol. The molecule has 0 saturated carbocycles. The molecule has 3 amide bonds. The zero-order valence-electron chi connectivity index (χ0n) is 13.6. The number of aryl methyl sites for hydroxylation is 1. The summed E-state index contributed by atoms with van der Waals surface area (Å²) >= 11 is 1.20. The van der Waals surface area contributed by atoms with Crippen molar-refractivity contribution in [2.75, 3.05) is 5.32 Å². The van der Waals surface area contributed by atoms with Crippen LogP contribution in [0.3, 0.4) is 0 Å². The highest BCUT2D eigenvalue weighted by Gasteiger charge is 2.18. The van der Waals surface area contributed by atoms with Crippen LogP contribution in [-0.4, -0.2) is 39.1 Å². The summed E-state index contributed by atoms with van der Waals surface area (Å²) in [6, 6.07) is 0. The van der Waals surface area contributed by atoms with E-state index in [9.17, 15) is 14.4 Å². The van der Waals surface area contributed by atoms with E-state index in [1.807, 2.05) is 0 Å². The molecule has 0 bridgehead atoms. The van der Waals surface area contributed by atoms with Gasteiger partial charge in [-0.3, -0.25) is 14.4 Å². The summed E-state index contributed by atoms with van der Waals surface area (Å²) in [5.74, 6) is -0.882. The summed E-state index contributed by atoms with van der Waals surface area (Å²) in [5, 5.41) is 14.8. The molecule has 26 heavy (non-hydrogen) atoms. The van der Waals surface area contributed by atoms with Crippen molar-refractivity contribution in [2.24, 2.45) is 10.9 Å². The third-order valence-electron chi connectivity index (χ3n) is 3.24. The third kappa shape index (κ3) is 4.66. The minimum absolute atomic E-state index is 0.0543. The van der Waals surface area contributed by atoms with Gasteiger partial charge in [-0.05, 0) is 0 Å². The van der Waals surface area contributed by atoms with Crippen molar-refractivity contribution < 1.29 is 18.8 Å². The second-order valence-corrected chi connectivity index (χ2v) is 6.16. The number of aromatic nitrogens is 3. The molecule has 134 valence electrons. The van der Waals surface area contributed by atoms with E-state index in [0.29, 0.717) is 22.6 Å². The first-order valence-corrected chi connectivity index (χ1v) is 8.45. The lowest BCUT2D eigenvalue weighted by molar-refractivity contribution is -0.121. The van der Waals surface area contributed by atoms with Gasteiger partial charge in [0.05, 0.1) is 24.6 Å². The smallest absolute Gasteiger partial charge is 0.269 e. The van der Waals surface area contributed by atoms with Crippen molar-refractivity contribution in [2.45, 2.75) is 19.9 Å². The van der Waals surface area contributed by atoms with E-state index in [0.717, 1.165) is 0 Å². The zero-order valence-corrected chi connectivity index (χ0v) is 14.4. The molecule has 1 aliphatic rings. The van der Waals surface area contributed by atoms with Gasteiger partial charge in [0.1, 0.15) is 0 Å². The van der Waals surface area contributed by atoms with Crippen LogP contribution in [0.25, 0.3) is 0 Å². The first kappa shape index (κ1) is 17.6. The number of nitrogens with one attached hydrogen (secondary N) is 2. The van der Waals surface area contributed by atoms with Gasteiger partial charge in [0.25, 0.3) is 5.91 Å². The Bertz CT molecular complexity index is 884. The Morgan fingerprint density at radius 1 is 1.35 bits per heavy atom. The summed E-state index contributed by atoms with van der Waals surface area (Å²) in [7, 11) is 0. The largest absolute Gasteiger partial charge is 0.424 e. The molecule has 3 heterocycles. The number of carbonyl (C=O) groups is 3. The van der Waals surface area contributed by atoms with E-state index in [-0.39, 0.29) is 24.8 Å². The van der Waals surface area contributed by atoms with Gasteiger partial charge in [-0.15, -0.1) is 21.5 Å². The second-order valence-electron chi connectivity index (χ2n) is 5.30. The Kier molecular flexibility index (Phi) is 5.27. The molecule has 0 aromatic carbocycles. The Morgan fingerprint density at radius 3 is 2.88 bits per heavy atom. The number of hydrogen-bond donors (Lipinski definition) is 2. The predicted molar refractivity (Wildman–Crippen MR) is 91.5 cm³/mol. The number of thiazole rings is 1. The van der Waals surface area contributed by atoms with Crippen LogP contribution in [0.4, 0.5) is 5.13 Å². The maximum Gasteiger partial charge on any atom is 0.269 e. The highest BCUT2D eigenvalue weighted by Crippen LogP contribution is 2.17. The molecule has 0 aliphatic carbocycles. The molecule has 0 fully saturated rings. The van der Waals surface area contributed by atoms with Crippen molar-refractivity contribution in [1.29, 1.82) is 0 Å². The normalized spacial score (nSPS) is 15.9. The topological polar surface area (TPSA) is 139 Å². The Hall–Kier alpha value is -3.21. The first-order valence-electron chi connectivity index (χ1n) is 7.57. The van der Waals surface area contributed by atoms with E-state index in [1.165, 1.54) is 29.7 Å². The molecule has 2 aromatic rings. The SMILES string of the molecule is Cc1nnc(CNC(=O)Cc2csc(NC(=O)C3C=CC(=O)N=C3)n2)o1. The van der Waals surface area contributed by atoms with E-state index in [4.69, 9.17) is 4.42 Å². The van der Waals surface area contributed by atoms with Crippen LogP contribution in [-0.2, 0) is 27.3 Å². The minimum Gasteiger partial charge on any atom is -0.424 e. The number of hydrogen-bond acceptors (Lipinski definition) is 8. The fourth-order valence-electron chi connectivity index (χ4n) is 2.03. The summed E-state index contributed by atoms with van der Waals surface area (Å²) in [6.45, 7) is 1.80. The lowest BCUT2D eigenvalue weighted by Gasteiger charge is -2.08. The molecule has 11 heteroatoms. The second kappa shape index (κ2) is 7.78. The summed E-state index contributed by atoms with van der Waals surface area (Å²) in [6.07, 6.45) is 4.04. The van der Waals surface area contributed by atoms with Crippen molar-refractivity contribution in [1.82, 2.24) is 20.5 Å². The molecule has 2 aromatic heterocycles. The molecule has 1 atom stereocenters. The molecule has 0 spiro atoms. The van der Waals surface area contributed by atoms with Gasteiger partial charge < -0.3 is 15.1 Å². The van der Waals surface area contributed by atoms with Crippen LogP contribution < -0.4 is 10.6 Å². The minimum atomic E-state index is -0.624. The van der Waals surface area contributed by atoms with Gasteiger partial charge in [0.2, 0.25) is 23.6 Å². The molecule has 1 unspecified atom stereocenters. The molecule has 1 aliphatic heterocycles. The number of carbonyl (C=O) groups excluding carboxylic acids is 3. The van der Waals surface area contributed by atoms with Gasteiger partial charge in [0.15, 0.2) is 5.13 Å². The lowest BCUT2D eigenvalue weighted by atomic mass is 10.1. The first-order chi connectivity index (χ1) is 12.5. The number of dihydropyridines is 1. The van der Waals surface area contributed by atoms with Gasteiger partial charge in [-0.1, -0.05) is 6.08 Å². The van der Waals surface area contributed by atoms with Crippen LogP contribution in [0.1, 0.15) is 17.5 Å². The summed E-state index contributed by atoms with van der Waals surface area (Å²) in [4.78, 5) is 42.7. The molecular weight excluding hydrogens is 360 g/mol. The van der Waals surface area contributed by atoms with E-state index < -0.39 is 11.8 Å². The summed E-state index contributed by atoms with van der Waals surface area (Å²) < 4.78 is 5.16. The van der Waals surface area contributed by atoms with Crippen molar-refractivity contribution in [3.63, 3.8) is 0 Å². The molecular formula is C15H14N6O4S. The number of anilines is 1. The molecule has 10 nitrogen and oxygen atoms in total. The molecule has 2 N–H and O–H groups in total. The average Bonchev–Trinajstić information content (AvgIpc) is 3.22. The summed E-state index contributed by atoms with van der Waals surface area (Å²) in [5.41, 5.74) is 0.521. The van der Waals surface area contributed by atoms with Crippen molar-refractivity contribution >= 4 is 40.4 Å². The van der Waals surface area contributed by atoms with E-state index in [1.54, 1.807) is 12.3 Å². The third-order valence-corrected chi connectivity index (χ3v) is 4.05. The highest BCUT2D eigenvalue weighted by molar-refractivity contribution is 7.13. The zero-order chi connectivity index (χ0) is 18.5. The Labute approximate surface area is 151 Å². The van der Waals surface area contributed by atoms with Crippen LogP contribution in [0.15, 0.2) is 26.9 Å².